The van der Waals surface area contributed by atoms with Crippen LogP contribution in [0.5, 0.6) is 0 Å². The summed E-state index contributed by atoms with van der Waals surface area (Å²) in [6.45, 7) is 1.99. The molecule has 2 aromatic heterocycles. The van der Waals surface area contributed by atoms with Crippen LogP contribution in [0.25, 0.3) is 0 Å². The standard InChI is InChI=1S/C19H18N2O2/c1-2-16-8-9-17(23-16)19(22)21-18(14-6-4-3-5-7-14)15-10-12-20-13-11-15/h3-13,18H,2H2,1H3,(H,21,22). The van der Waals surface area contributed by atoms with E-state index in [1.54, 1.807) is 18.5 Å². The zero-order valence-corrected chi connectivity index (χ0v) is 12.9. The quantitative estimate of drug-likeness (QED) is 0.781. The largest absolute Gasteiger partial charge is 0.456 e. The minimum atomic E-state index is -0.248. The molecule has 0 saturated heterocycles. The first kappa shape index (κ1) is 15.0. The Morgan fingerprint density at radius 3 is 2.39 bits per heavy atom. The van der Waals surface area contributed by atoms with E-state index >= 15 is 0 Å². The van der Waals surface area contributed by atoms with Crippen LogP contribution in [0.2, 0.25) is 0 Å². The van der Waals surface area contributed by atoms with E-state index in [0.717, 1.165) is 23.3 Å². The predicted octanol–water partition coefficient (Wildman–Crippen LogP) is 3.76. The second kappa shape index (κ2) is 6.92. The van der Waals surface area contributed by atoms with Gasteiger partial charge in [-0.3, -0.25) is 9.78 Å². The molecule has 4 nitrogen and oxygen atoms in total. The van der Waals surface area contributed by atoms with Gasteiger partial charge < -0.3 is 9.73 Å². The third kappa shape index (κ3) is 3.48. The van der Waals surface area contributed by atoms with Gasteiger partial charge in [-0.1, -0.05) is 37.3 Å². The Kier molecular flexibility index (Phi) is 4.52. The molecule has 0 aliphatic rings. The van der Waals surface area contributed by atoms with Gasteiger partial charge in [0.15, 0.2) is 5.76 Å². The fourth-order valence-corrected chi connectivity index (χ4v) is 2.45. The average molecular weight is 306 g/mol. The van der Waals surface area contributed by atoms with Crippen molar-refractivity contribution in [3.8, 4) is 0 Å². The van der Waals surface area contributed by atoms with Crippen molar-refractivity contribution in [2.24, 2.45) is 0 Å². The number of carbonyl (C=O) groups excluding carboxylic acids is 1. The topological polar surface area (TPSA) is 55.1 Å². The van der Waals surface area contributed by atoms with E-state index in [4.69, 9.17) is 4.42 Å². The molecule has 0 aliphatic carbocycles. The molecule has 1 amide bonds. The van der Waals surface area contributed by atoms with Gasteiger partial charge in [0.2, 0.25) is 0 Å². The van der Waals surface area contributed by atoms with Gasteiger partial charge in [0.25, 0.3) is 5.91 Å². The summed E-state index contributed by atoms with van der Waals surface area (Å²) in [6.07, 6.45) is 4.21. The summed E-state index contributed by atoms with van der Waals surface area (Å²) >= 11 is 0. The van der Waals surface area contributed by atoms with Crippen LogP contribution in [0, 0.1) is 0 Å². The van der Waals surface area contributed by atoms with E-state index in [0.29, 0.717) is 5.76 Å². The molecule has 0 radical (unpaired) electrons. The predicted molar refractivity (Wildman–Crippen MR) is 88.1 cm³/mol. The lowest BCUT2D eigenvalue weighted by Crippen LogP contribution is -2.29. The molecule has 4 heteroatoms. The van der Waals surface area contributed by atoms with Gasteiger partial charge in [0, 0.05) is 18.8 Å². The molecule has 0 bridgehead atoms. The summed E-state index contributed by atoms with van der Waals surface area (Å²) in [7, 11) is 0. The molecule has 1 aromatic carbocycles. The Labute approximate surface area is 135 Å². The first-order chi connectivity index (χ1) is 11.3. The molecule has 2 heterocycles. The van der Waals surface area contributed by atoms with Crippen molar-refractivity contribution in [1.29, 1.82) is 0 Å². The number of aryl methyl sites for hydroxylation is 1. The number of hydrogen-bond acceptors (Lipinski definition) is 3. The number of furan rings is 1. The van der Waals surface area contributed by atoms with Crippen LogP contribution >= 0.6 is 0 Å². The Bertz CT molecular complexity index is 727. The lowest BCUT2D eigenvalue weighted by Gasteiger charge is -2.19. The van der Waals surface area contributed by atoms with Gasteiger partial charge in [-0.05, 0) is 35.4 Å². The summed E-state index contributed by atoms with van der Waals surface area (Å²) in [5, 5.41) is 3.04. The second-order valence-corrected chi connectivity index (χ2v) is 5.22. The molecule has 0 fully saturated rings. The number of benzene rings is 1. The highest BCUT2D eigenvalue weighted by Gasteiger charge is 2.19. The zero-order valence-electron chi connectivity index (χ0n) is 12.9. The number of hydrogen-bond donors (Lipinski definition) is 1. The van der Waals surface area contributed by atoms with Crippen LogP contribution in [0.15, 0.2) is 71.4 Å². The molecule has 0 spiro atoms. The minimum absolute atomic E-state index is 0.227. The van der Waals surface area contributed by atoms with Crippen molar-refractivity contribution < 1.29 is 9.21 Å². The number of aromatic nitrogens is 1. The fourth-order valence-electron chi connectivity index (χ4n) is 2.45. The molecular weight excluding hydrogens is 288 g/mol. The third-order valence-corrected chi connectivity index (χ3v) is 3.68. The fraction of sp³-hybridized carbons (Fsp3) is 0.158. The molecular formula is C19H18N2O2. The SMILES string of the molecule is CCc1ccc(C(=O)NC(c2ccccc2)c2ccncc2)o1. The maximum Gasteiger partial charge on any atom is 0.287 e. The highest BCUT2D eigenvalue weighted by molar-refractivity contribution is 5.92. The molecule has 3 aromatic rings. The first-order valence-corrected chi connectivity index (χ1v) is 7.62. The van der Waals surface area contributed by atoms with Gasteiger partial charge in [0.1, 0.15) is 5.76 Å². The molecule has 1 unspecified atom stereocenters. The smallest absolute Gasteiger partial charge is 0.287 e. The zero-order chi connectivity index (χ0) is 16.1. The molecule has 0 saturated carbocycles. The van der Waals surface area contributed by atoms with E-state index < -0.39 is 0 Å². The number of carbonyl (C=O) groups is 1. The van der Waals surface area contributed by atoms with Crippen molar-refractivity contribution in [2.45, 2.75) is 19.4 Å². The van der Waals surface area contributed by atoms with Crippen LogP contribution in [0.3, 0.4) is 0 Å². The van der Waals surface area contributed by atoms with E-state index in [1.807, 2.05) is 55.5 Å². The maximum atomic E-state index is 12.5. The van der Waals surface area contributed by atoms with E-state index in [1.165, 1.54) is 0 Å². The summed E-state index contributed by atoms with van der Waals surface area (Å²) < 4.78 is 5.54. The highest BCUT2D eigenvalue weighted by atomic mass is 16.3. The van der Waals surface area contributed by atoms with Crippen LogP contribution in [0.1, 0.15) is 40.4 Å². The Morgan fingerprint density at radius 2 is 1.74 bits per heavy atom. The van der Waals surface area contributed by atoms with E-state index in [9.17, 15) is 4.79 Å². The van der Waals surface area contributed by atoms with Crippen molar-refractivity contribution >= 4 is 5.91 Å². The lowest BCUT2D eigenvalue weighted by molar-refractivity contribution is 0.0913. The van der Waals surface area contributed by atoms with Crippen molar-refractivity contribution in [2.75, 3.05) is 0 Å². The molecule has 1 N–H and O–H groups in total. The highest BCUT2D eigenvalue weighted by Crippen LogP contribution is 2.22. The summed E-state index contributed by atoms with van der Waals surface area (Å²) in [4.78, 5) is 16.6. The van der Waals surface area contributed by atoms with Gasteiger partial charge in [-0.15, -0.1) is 0 Å². The first-order valence-electron chi connectivity index (χ1n) is 7.62. The van der Waals surface area contributed by atoms with Crippen LogP contribution in [0.4, 0.5) is 0 Å². The van der Waals surface area contributed by atoms with E-state index in [2.05, 4.69) is 10.3 Å². The molecule has 0 aliphatic heterocycles. The molecule has 1 atom stereocenters. The molecule has 3 rings (SSSR count). The van der Waals surface area contributed by atoms with Crippen LogP contribution in [-0.4, -0.2) is 10.9 Å². The van der Waals surface area contributed by atoms with Gasteiger partial charge in [0.05, 0.1) is 6.04 Å². The average Bonchev–Trinajstić information content (AvgIpc) is 3.10. The monoisotopic (exact) mass is 306 g/mol. The summed E-state index contributed by atoms with van der Waals surface area (Å²) in [5.74, 6) is 0.905. The number of amides is 1. The molecule has 23 heavy (non-hydrogen) atoms. The lowest BCUT2D eigenvalue weighted by atomic mass is 9.99. The minimum Gasteiger partial charge on any atom is -0.456 e. The summed E-state index contributed by atoms with van der Waals surface area (Å²) in [6, 6.07) is 16.9. The number of nitrogens with zero attached hydrogens (tertiary/aromatic N) is 1. The van der Waals surface area contributed by atoms with Crippen molar-refractivity contribution in [1.82, 2.24) is 10.3 Å². The van der Waals surface area contributed by atoms with Gasteiger partial charge in [-0.25, -0.2) is 0 Å². The third-order valence-electron chi connectivity index (χ3n) is 3.68. The Morgan fingerprint density at radius 1 is 1.04 bits per heavy atom. The number of nitrogens with one attached hydrogen (secondary N) is 1. The Balaban J connectivity index is 1.88. The maximum absolute atomic E-state index is 12.5. The Hall–Kier alpha value is -2.88. The second-order valence-electron chi connectivity index (χ2n) is 5.22. The van der Waals surface area contributed by atoms with Crippen molar-refractivity contribution in [3.05, 3.63) is 89.6 Å². The van der Waals surface area contributed by atoms with Gasteiger partial charge >= 0.3 is 0 Å². The summed E-state index contributed by atoms with van der Waals surface area (Å²) in [5.41, 5.74) is 1.98. The molecule has 116 valence electrons. The number of pyridine rings is 1. The van der Waals surface area contributed by atoms with Crippen molar-refractivity contribution in [3.63, 3.8) is 0 Å². The van der Waals surface area contributed by atoms with Crippen LogP contribution < -0.4 is 5.32 Å². The van der Waals surface area contributed by atoms with Gasteiger partial charge in [-0.2, -0.15) is 0 Å². The van der Waals surface area contributed by atoms with Crippen LogP contribution in [-0.2, 0) is 6.42 Å². The number of rotatable bonds is 5. The van der Waals surface area contributed by atoms with E-state index in [-0.39, 0.29) is 11.9 Å². The normalized spacial score (nSPS) is 11.9.